The van der Waals surface area contributed by atoms with Crippen LogP contribution in [0.25, 0.3) is 10.8 Å². The zero-order chi connectivity index (χ0) is 16.1. The smallest absolute Gasteiger partial charge is 0.277 e. The number of carbonyl (C=O) groups is 1. The SMILES string of the molecule is C[C@@H](Sc1nnc(-c2cccs2)o1)C(=O)NC1CCCCCC1. The van der Waals surface area contributed by atoms with Crippen LogP contribution in [-0.2, 0) is 4.79 Å². The molecule has 2 aromatic heterocycles. The summed E-state index contributed by atoms with van der Waals surface area (Å²) in [6.07, 6.45) is 7.16. The molecule has 1 amide bonds. The molecule has 0 aliphatic heterocycles. The maximum absolute atomic E-state index is 12.3. The van der Waals surface area contributed by atoms with Gasteiger partial charge >= 0.3 is 0 Å². The van der Waals surface area contributed by atoms with Gasteiger partial charge in [-0.2, -0.15) is 0 Å². The molecule has 23 heavy (non-hydrogen) atoms. The molecular formula is C16H21N3O2S2. The minimum atomic E-state index is -0.241. The van der Waals surface area contributed by atoms with Crippen LogP contribution < -0.4 is 5.32 Å². The number of carbonyl (C=O) groups excluding carboxylic acids is 1. The number of nitrogens with zero attached hydrogens (tertiary/aromatic N) is 2. The van der Waals surface area contributed by atoms with Crippen molar-refractivity contribution >= 4 is 29.0 Å². The van der Waals surface area contributed by atoms with Crippen LogP contribution in [0.2, 0.25) is 0 Å². The Morgan fingerprint density at radius 2 is 2.13 bits per heavy atom. The molecule has 0 radical (unpaired) electrons. The molecule has 0 saturated heterocycles. The number of thioether (sulfide) groups is 1. The minimum Gasteiger partial charge on any atom is -0.410 e. The van der Waals surface area contributed by atoms with E-state index < -0.39 is 0 Å². The Morgan fingerprint density at radius 3 is 2.83 bits per heavy atom. The predicted molar refractivity (Wildman–Crippen MR) is 92.6 cm³/mol. The lowest BCUT2D eigenvalue weighted by atomic mass is 10.1. The Labute approximate surface area is 144 Å². The average molecular weight is 351 g/mol. The molecule has 1 N–H and O–H groups in total. The van der Waals surface area contributed by atoms with Crippen LogP contribution in [0.1, 0.15) is 45.4 Å². The minimum absolute atomic E-state index is 0.0535. The van der Waals surface area contributed by atoms with E-state index in [1.807, 2.05) is 24.4 Å². The van der Waals surface area contributed by atoms with Crippen molar-refractivity contribution < 1.29 is 9.21 Å². The zero-order valence-electron chi connectivity index (χ0n) is 13.2. The Morgan fingerprint density at radius 1 is 1.35 bits per heavy atom. The fourth-order valence-corrected chi connectivity index (χ4v) is 4.04. The van der Waals surface area contributed by atoms with Crippen LogP contribution >= 0.6 is 23.1 Å². The van der Waals surface area contributed by atoms with Crippen molar-refractivity contribution in [3.05, 3.63) is 17.5 Å². The molecule has 124 valence electrons. The Balaban J connectivity index is 1.53. The number of rotatable bonds is 5. The van der Waals surface area contributed by atoms with Gasteiger partial charge in [-0.1, -0.05) is 43.5 Å². The van der Waals surface area contributed by atoms with Crippen molar-refractivity contribution in [3.63, 3.8) is 0 Å². The van der Waals surface area contributed by atoms with Crippen molar-refractivity contribution in [2.24, 2.45) is 0 Å². The summed E-state index contributed by atoms with van der Waals surface area (Å²) in [6.45, 7) is 1.88. The van der Waals surface area contributed by atoms with Gasteiger partial charge in [0.05, 0.1) is 10.1 Å². The van der Waals surface area contributed by atoms with E-state index in [1.165, 1.54) is 37.4 Å². The third-order valence-corrected chi connectivity index (χ3v) is 5.78. The molecule has 0 spiro atoms. The Hall–Kier alpha value is -1.34. The molecule has 1 saturated carbocycles. The first-order chi connectivity index (χ1) is 11.2. The van der Waals surface area contributed by atoms with Crippen molar-refractivity contribution in [1.82, 2.24) is 15.5 Å². The summed E-state index contributed by atoms with van der Waals surface area (Å²) in [5, 5.41) is 13.4. The molecule has 0 bridgehead atoms. The maximum atomic E-state index is 12.3. The molecule has 5 nitrogen and oxygen atoms in total. The summed E-state index contributed by atoms with van der Waals surface area (Å²) in [7, 11) is 0. The Kier molecular flexibility index (Phi) is 5.72. The molecule has 2 aromatic rings. The molecule has 1 atom stereocenters. The topological polar surface area (TPSA) is 68.0 Å². The van der Waals surface area contributed by atoms with E-state index in [9.17, 15) is 4.79 Å². The summed E-state index contributed by atoms with van der Waals surface area (Å²) in [5.74, 6) is 0.566. The molecule has 3 rings (SSSR count). The molecule has 1 fully saturated rings. The van der Waals surface area contributed by atoms with Crippen LogP contribution in [0.15, 0.2) is 27.2 Å². The zero-order valence-corrected chi connectivity index (χ0v) is 14.8. The second-order valence-corrected chi connectivity index (χ2v) is 8.05. The van der Waals surface area contributed by atoms with Gasteiger partial charge in [0.15, 0.2) is 0 Å². The third-order valence-electron chi connectivity index (χ3n) is 3.99. The van der Waals surface area contributed by atoms with Crippen LogP contribution in [0.4, 0.5) is 0 Å². The summed E-state index contributed by atoms with van der Waals surface area (Å²) in [4.78, 5) is 13.3. The molecule has 1 aliphatic carbocycles. The second kappa shape index (κ2) is 7.97. The first-order valence-electron chi connectivity index (χ1n) is 8.07. The van der Waals surface area contributed by atoms with Crippen LogP contribution in [0, 0.1) is 0 Å². The third kappa shape index (κ3) is 4.57. The molecule has 2 heterocycles. The summed E-state index contributed by atoms with van der Waals surface area (Å²) in [6, 6.07) is 4.20. The van der Waals surface area contributed by atoms with Crippen LogP contribution in [0.5, 0.6) is 0 Å². The van der Waals surface area contributed by atoms with E-state index in [2.05, 4.69) is 15.5 Å². The van der Waals surface area contributed by atoms with Crippen LogP contribution in [0.3, 0.4) is 0 Å². The predicted octanol–water partition coefficient (Wildman–Crippen LogP) is 4.12. The van der Waals surface area contributed by atoms with Crippen molar-refractivity contribution in [3.8, 4) is 10.8 Å². The first-order valence-corrected chi connectivity index (χ1v) is 9.83. The highest BCUT2D eigenvalue weighted by atomic mass is 32.2. The highest BCUT2D eigenvalue weighted by molar-refractivity contribution is 8.00. The fourth-order valence-electron chi connectivity index (χ4n) is 2.70. The van der Waals surface area contributed by atoms with Gasteiger partial charge in [0.2, 0.25) is 5.91 Å². The average Bonchev–Trinajstić information content (AvgIpc) is 3.16. The number of hydrogen-bond acceptors (Lipinski definition) is 6. The number of aromatic nitrogens is 2. The van der Waals surface area contributed by atoms with E-state index in [-0.39, 0.29) is 11.2 Å². The van der Waals surface area contributed by atoms with E-state index in [1.54, 1.807) is 11.3 Å². The Bertz CT molecular complexity index is 619. The van der Waals surface area contributed by atoms with Crippen molar-refractivity contribution in [1.29, 1.82) is 0 Å². The lowest BCUT2D eigenvalue weighted by Crippen LogP contribution is -2.39. The van der Waals surface area contributed by atoms with E-state index in [0.29, 0.717) is 17.2 Å². The summed E-state index contributed by atoms with van der Waals surface area (Å²) in [5.41, 5.74) is 0. The van der Waals surface area contributed by atoms with Gasteiger partial charge in [0.1, 0.15) is 0 Å². The number of amides is 1. The van der Waals surface area contributed by atoms with Crippen LogP contribution in [-0.4, -0.2) is 27.4 Å². The fraction of sp³-hybridized carbons (Fsp3) is 0.562. The molecular weight excluding hydrogens is 330 g/mol. The monoisotopic (exact) mass is 351 g/mol. The first kappa shape index (κ1) is 16.5. The van der Waals surface area contributed by atoms with Gasteiger partial charge in [0.25, 0.3) is 11.1 Å². The quantitative estimate of drug-likeness (QED) is 0.648. The molecule has 0 aromatic carbocycles. The second-order valence-electron chi connectivity index (χ2n) is 5.81. The van der Waals surface area contributed by atoms with Crippen molar-refractivity contribution in [2.75, 3.05) is 0 Å². The maximum Gasteiger partial charge on any atom is 0.277 e. The molecule has 1 aliphatic rings. The summed E-state index contributed by atoms with van der Waals surface area (Å²) < 4.78 is 5.63. The van der Waals surface area contributed by atoms with Gasteiger partial charge in [0, 0.05) is 6.04 Å². The largest absolute Gasteiger partial charge is 0.410 e. The lowest BCUT2D eigenvalue weighted by Gasteiger charge is -2.18. The van der Waals surface area contributed by atoms with E-state index >= 15 is 0 Å². The highest BCUT2D eigenvalue weighted by Crippen LogP contribution is 2.28. The molecule has 0 unspecified atom stereocenters. The van der Waals surface area contributed by atoms with Gasteiger partial charge in [-0.05, 0) is 31.2 Å². The number of hydrogen-bond donors (Lipinski definition) is 1. The van der Waals surface area contributed by atoms with Gasteiger partial charge in [-0.3, -0.25) is 4.79 Å². The van der Waals surface area contributed by atoms with E-state index in [4.69, 9.17) is 4.42 Å². The van der Waals surface area contributed by atoms with Gasteiger partial charge in [-0.25, -0.2) is 0 Å². The summed E-state index contributed by atoms with van der Waals surface area (Å²) >= 11 is 2.87. The standard InChI is InChI=1S/C16H21N3O2S2/c1-11(14(20)17-12-7-4-2-3-5-8-12)23-16-19-18-15(21-16)13-9-6-10-22-13/h6,9-12H,2-5,7-8H2,1H3,(H,17,20)/t11-/m1/s1. The van der Waals surface area contributed by atoms with E-state index in [0.717, 1.165) is 17.7 Å². The normalized spacial score (nSPS) is 17.6. The number of thiophene rings is 1. The molecule has 7 heteroatoms. The highest BCUT2D eigenvalue weighted by Gasteiger charge is 2.22. The van der Waals surface area contributed by atoms with Crippen molar-refractivity contribution in [2.45, 2.75) is 62.0 Å². The lowest BCUT2D eigenvalue weighted by molar-refractivity contribution is -0.121. The van der Waals surface area contributed by atoms with Gasteiger partial charge < -0.3 is 9.73 Å². The van der Waals surface area contributed by atoms with Gasteiger partial charge in [-0.15, -0.1) is 21.5 Å². The number of nitrogens with one attached hydrogen (secondary N) is 1.